The third-order valence-electron chi connectivity index (χ3n) is 2.17. The Labute approximate surface area is 104 Å². The first-order chi connectivity index (χ1) is 8.59. The molecule has 0 aliphatic carbocycles. The number of benzene rings is 1. The minimum atomic E-state index is -1.29. The van der Waals surface area contributed by atoms with Gasteiger partial charge in [0, 0.05) is 6.42 Å². The molecule has 6 heteroatoms. The normalized spacial score (nSPS) is 9.56. The quantitative estimate of drug-likeness (QED) is 0.583. The molecule has 0 fully saturated rings. The van der Waals surface area contributed by atoms with Crippen molar-refractivity contribution in [3.05, 3.63) is 35.9 Å². The Morgan fingerprint density at radius 1 is 1.17 bits per heavy atom. The molecule has 0 radical (unpaired) electrons. The molecule has 3 N–H and O–H groups in total. The van der Waals surface area contributed by atoms with Gasteiger partial charge in [-0.1, -0.05) is 30.3 Å². The van der Waals surface area contributed by atoms with Crippen molar-refractivity contribution in [1.82, 2.24) is 5.48 Å². The van der Waals surface area contributed by atoms with Crippen LogP contribution in [-0.2, 0) is 25.6 Å². The number of hydroxylamine groups is 1. The molecule has 6 nitrogen and oxygen atoms in total. The first-order valence-electron chi connectivity index (χ1n) is 5.43. The Bertz CT molecular complexity index is 431. The van der Waals surface area contributed by atoms with E-state index in [0.29, 0.717) is 6.42 Å². The highest BCUT2D eigenvalue weighted by Crippen LogP contribution is 2.04. The number of nitrogens with one attached hydrogen (secondary N) is 1. The van der Waals surface area contributed by atoms with Gasteiger partial charge >= 0.3 is 11.9 Å². The molecule has 0 bridgehead atoms. The van der Waals surface area contributed by atoms with Crippen LogP contribution in [0.2, 0.25) is 0 Å². The Morgan fingerprint density at radius 2 is 1.83 bits per heavy atom. The summed E-state index contributed by atoms with van der Waals surface area (Å²) in [6.45, 7) is 0. The maximum Gasteiger partial charge on any atom is 0.420 e. The van der Waals surface area contributed by atoms with Gasteiger partial charge in [-0.25, -0.2) is 4.79 Å². The van der Waals surface area contributed by atoms with E-state index in [0.717, 1.165) is 12.0 Å². The summed E-state index contributed by atoms with van der Waals surface area (Å²) in [5.41, 5.74) is 7.62. The summed E-state index contributed by atoms with van der Waals surface area (Å²) in [5.74, 6) is -3.01. The minimum absolute atomic E-state index is 0.195. The van der Waals surface area contributed by atoms with Crippen LogP contribution in [0.25, 0.3) is 0 Å². The lowest BCUT2D eigenvalue weighted by Gasteiger charge is -2.04. The average molecular weight is 250 g/mol. The van der Waals surface area contributed by atoms with Crippen LogP contribution in [0.5, 0.6) is 0 Å². The smallest absolute Gasteiger partial charge is 0.360 e. The van der Waals surface area contributed by atoms with E-state index >= 15 is 0 Å². The fourth-order valence-corrected chi connectivity index (χ4v) is 1.30. The van der Waals surface area contributed by atoms with Gasteiger partial charge < -0.3 is 10.6 Å². The van der Waals surface area contributed by atoms with E-state index < -0.39 is 17.8 Å². The van der Waals surface area contributed by atoms with Gasteiger partial charge in [-0.3, -0.25) is 9.59 Å². The molecule has 0 aromatic heterocycles. The summed E-state index contributed by atoms with van der Waals surface area (Å²) in [4.78, 5) is 36.3. The monoisotopic (exact) mass is 250 g/mol. The van der Waals surface area contributed by atoms with Crippen LogP contribution in [-0.4, -0.2) is 17.8 Å². The van der Waals surface area contributed by atoms with Crippen molar-refractivity contribution in [2.24, 2.45) is 5.73 Å². The summed E-state index contributed by atoms with van der Waals surface area (Å²) in [6, 6.07) is 9.68. The molecule has 96 valence electrons. The van der Waals surface area contributed by atoms with Crippen LogP contribution >= 0.6 is 0 Å². The predicted molar refractivity (Wildman–Crippen MR) is 62.8 cm³/mol. The molecule has 2 amide bonds. The van der Waals surface area contributed by atoms with Crippen molar-refractivity contribution in [2.75, 3.05) is 0 Å². The number of nitrogens with two attached hydrogens (primary N) is 1. The van der Waals surface area contributed by atoms with Crippen molar-refractivity contribution >= 4 is 17.8 Å². The van der Waals surface area contributed by atoms with E-state index in [-0.39, 0.29) is 6.42 Å². The standard InChI is InChI=1S/C12H14N2O4/c13-11(16)12(17)18-14-10(15)8-4-7-9-5-2-1-3-6-9/h1-3,5-6H,4,7-8H2,(H2,13,16)(H,14,15). The van der Waals surface area contributed by atoms with E-state index in [1.54, 1.807) is 0 Å². The van der Waals surface area contributed by atoms with Gasteiger partial charge in [0.2, 0.25) is 0 Å². The molecule has 18 heavy (non-hydrogen) atoms. The second-order valence-corrected chi connectivity index (χ2v) is 3.62. The van der Waals surface area contributed by atoms with Crippen LogP contribution in [0.15, 0.2) is 30.3 Å². The molecule has 0 atom stereocenters. The summed E-state index contributed by atoms with van der Waals surface area (Å²) < 4.78 is 0. The molecule has 0 saturated heterocycles. The average Bonchev–Trinajstić information content (AvgIpc) is 2.37. The molecule has 0 aliphatic heterocycles. The maximum atomic E-state index is 11.2. The third-order valence-corrected chi connectivity index (χ3v) is 2.17. The van der Waals surface area contributed by atoms with Gasteiger partial charge in [0.1, 0.15) is 0 Å². The lowest BCUT2D eigenvalue weighted by molar-refractivity contribution is -0.163. The van der Waals surface area contributed by atoms with Gasteiger partial charge in [-0.05, 0) is 18.4 Å². The van der Waals surface area contributed by atoms with Crippen LogP contribution in [0.1, 0.15) is 18.4 Å². The Balaban J connectivity index is 2.18. The SMILES string of the molecule is NC(=O)C(=O)ONC(=O)CCCc1ccccc1. The van der Waals surface area contributed by atoms with E-state index in [1.165, 1.54) is 0 Å². The largest absolute Gasteiger partial charge is 0.420 e. The molecule has 0 aliphatic rings. The van der Waals surface area contributed by atoms with Gasteiger partial charge in [0.25, 0.3) is 5.91 Å². The van der Waals surface area contributed by atoms with Crippen LogP contribution in [0.3, 0.4) is 0 Å². The second kappa shape index (κ2) is 7.05. The Hall–Kier alpha value is -2.37. The molecular weight excluding hydrogens is 236 g/mol. The van der Waals surface area contributed by atoms with Crippen molar-refractivity contribution < 1.29 is 19.2 Å². The first kappa shape index (κ1) is 13.7. The van der Waals surface area contributed by atoms with Gasteiger partial charge in [-0.15, -0.1) is 0 Å². The molecule has 0 spiro atoms. The number of hydrogen-bond acceptors (Lipinski definition) is 4. The Morgan fingerprint density at radius 3 is 2.44 bits per heavy atom. The summed E-state index contributed by atoms with van der Waals surface area (Å²) in [6.07, 6.45) is 1.56. The van der Waals surface area contributed by atoms with Crippen molar-refractivity contribution in [3.63, 3.8) is 0 Å². The molecule has 0 unspecified atom stereocenters. The number of hydrogen-bond donors (Lipinski definition) is 2. The summed E-state index contributed by atoms with van der Waals surface area (Å²) in [7, 11) is 0. The zero-order valence-corrected chi connectivity index (χ0v) is 9.72. The number of primary amides is 1. The van der Waals surface area contributed by atoms with Gasteiger partial charge in [-0.2, -0.15) is 5.48 Å². The van der Waals surface area contributed by atoms with E-state index in [2.05, 4.69) is 10.6 Å². The number of carbonyl (C=O) groups is 3. The van der Waals surface area contributed by atoms with Crippen molar-refractivity contribution in [2.45, 2.75) is 19.3 Å². The zero-order valence-electron chi connectivity index (χ0n) is 9.72. The Kier molecular flexibility index (Phi) is 5.37. The molecule has 1 aromatic rings. The summed E-state index contributed by atoms with van der Waals surface area (Å²) >= 11 is 0. The molecule has 1 aromatic carbocycles. The van der Waals surface area contributed by atoms with E-state index in [9.17, 15) is 14.4 Å². The molecule has 0 heterocycles. The second-order valence-electron chi connectivity index (χ2n) is 3.62. The summed E-state index contributed by atoms with van der Waals surface area (Å²) in [5, 5.41) is 0. The van der Waals surface area contributed by atoms with E-state index in [1.807, 2.05) is 35.8 Å². The zero-order chi connectivity index (χ0) is 13.4. The predicted octanol–water partition coefficient (Wildman–Crippen LogP) is 0.0690. The lowest BCUT2D eigenvalue weighted by Crippen LogP contribution is -2.34. The van der Waals surface area contributed by atoms with Crippen molar-refractivity contribution in [1.29, 1.82) is 0 Å². The van der Waals surface area contributed by atoms with Crippen LogP contribution < -0.4 is 11.2 Å². The molecule has 1 rings (SSSR count). The van der Waals surface area contributed by atoms with Gasteiger partial charge in [0.05, 0.1) is 0 Å². The third kappa shape index (κ3) is 5.11. The van der Waals surface area contributed by atoms with Crippen molar-refractivity contribution in [3.8, 4) is 0 Å². The topological polar surface area (TPSA) is 98.5 Å². The number of amides is 2. The molecular formula is C12H14N2O4. The van der Waals surface area contributed by atoms with E-state index in [4.69, 9.17) is 0 Å². The molecule has 0 saturated carbocycles. The fraction of sp³-hybridized carbons (Fsp3) is 0.250. The maximum absolute atomic E-state index is 11.2. The van der Waals surface area contributed by atoms with Crippen LogP contribution in [0.4, 0.5) is 0 Å². The number of carbonyl (C=O) groups excluding carboxylic acids is 3. The highest BCUT2D eigenvalue weighted by Gasteiger charge is 2.12. The highest BCUT2D eigenvalue weighted by atomic mass is 16.7. The first-order valence-corrected chi connectivity index (χ1v) is 5.43. The lowest BCUT2D eigenvalue weighted by atomic mass is 10.1. The fourth-order valence-electron chi connectivity index (χ4n) is 1.30. The number of aryl methyl sites for hydroxylation is 1. The van der Waals surface area contributed by atoms with Crippen LogP contribution in [0, 0.1) is 0 Å². The highest BCUT2D eigenvalue weighted by molar-refractivity contribution is 6.31. The number of rotatable bonds is 4. The minimum Gasteiger partial charge on any atom is -0.360 e. The van der Waals surface area contributed by atoms with Gasteiger partial charge in [0.15, 0.2) is 0 Å².